The van der Waals surface area contributed by atoms with Crippen LogP contribution in [0.25, 0.3) is 72.7 Å². The fourth-order valence-corrected chi connectivity index (χ4v) is 6.63. The van der Waals surface area contributed by atoms with Crippen LogP contribution in [0.3, 0.4) is 0 Å². The van der Waals surface area contributed by atoms with Gasteiger partial charge in [0.05, 0.1) is 29.1 Å². The third kappa shape index (κ3) is 7.66. The quantitative estimate of drug-likeness (QED) is 0.0852. The van der Waals surface area contributed by atoms with Crippen molar-refractivity contribution in [3.8, 4) is 67.5 Å². The van der Waals surface area contributed by atoms with Gasteiger partial charge in [-0.2, -0.15) is 0 Å². The molecule has 0 bridgehead atoms. The average Bonchev–Trinajstić information content (AvgIpc) is 3.63. The first-order valence-corrected chi connectivity index (χ1v) is 17.4. The van der Waals surface area contributed by atoms with Crippen molar-refractivity contribution in [2.45, 2.75) is 32.8 Å². The molecule has 0 aliphatic heterocycles. The molecular weight excluding hydrogens is 866 g/mol. The monoisotopic (exact) mass is 908 g/mol. The van der Waals surface area contributed by atoms with E-state index in [2.05, 4.69) is 42.9 Å². The predicted molar refractivity (Wildman–Crippen MR) is 214 cm³/mol. The van der Waals surface area contributed by atoms with Crippen LogP contribution in [0.1, 0.15) is 38.8 Å². The number of rotatable bonds is 9. The molecule has 276 valence electrons. The molecule has 0 atom stereocenters. The van der Waals surface area contributed by atoms with Crippen LogP contribution in [0.5, 0.6) is 5.75 Å². The number of phenols is 1. The molecule has 6 aromatic carbocycles. The summed E-state index contributed by atoms with van der Waals surface area (Å²) in [5, 5.41) is 24.1. The molecule has 0 aliphatic rings. The molecule has 7 nitrogen and oxygen atoms in total. The molecule has 0 aliphatic carbocycles. The minimum atomic E-state index is -0.452. The number of aromatic nitrogens is 3. The Kier molecular flexibility index (Phi) is 9.18. The fourth-order valence-electron chi connectivity index (χ4n) is 6.63. The second kappa shape index (κ2) is 16.0. The van der Waals surface area contributed by atoms with Crippen molar-refractivity contribution in [1.29, 1.82) is 0 Å². The number of aromatic hydroxyl groups is 1. The number of para-hydroxylation sites is 2. The van der Waals surface area contributed by atoms with Gasteiger partial charge in [-0.1, -0.05) is 134 Å². The van der Waals surface area contributed by atoms with Gasteiger partial charge in [-0.25, -0.2) is 15.1 Å². The van der Waals surface area contributed by atoms with Crippen LogP contribution in [0.2, 0.25) is 0 Å². The molecule has 8 aromatic rings. The predicted octanol–water partition coefficient (Wildman–Crippen LogP) is 11.5. The van der Waals surface area contributed by atoms with Crippen molar-refractivity contribution < 1.29 is 48.2 Å². The van der Waals surface area contributed by atoms with E-state index < -0.39 is 18.1 Å². The summed E-state index contributed by atoms with van der Waals surface area (Å²) in [6, 6.07) is 37.9. The zero-order chi connectivity index (χ0) is 41.6. The van der Waals surface area contributed by atoms with Crippen molar-refractivity contribution in [3.63, 3.8) is 0 Å². The Balaban J connectivity index is 0.00000544. The second-order valence-electron chi connectivity index (χ2n) is 13.9. The van der Waals surface area contributed by atoms with Crippen LogP contribution < -0.4 is 0 Å². The zero-order valence-corrected chi connectivity index (χ0v) is 32.4. The van der Waals surface area contributed by atoms with Gasteiger partial charge < -0.3 is 5.11 Å². The van der Waals surface area contributed by atoms with E-state index in [0.717, 1.165) is 44.6 Å². The maximum Gasteiger partial charge on any atom is 0.148 e. The Morgan fingerprint density at radius 1 is 0.745 bits per heavy atom. The topological polar surface area (TPSA) is 89.6 Å². The molecule has 8 rings (SSSR count). The molecule has 0 fully saturated rings. The van der Waals surface area contributed by atoms with Crippen molar-refractivity contribution in [2.24, 2.45) is 0 Å². The normalized spacial score (nSPS) is 12.7. The standard InChI is InChI=1S/C47H38N3O4.Pt/c1-47(2,3)37-27-35(26-36(28-37)41-29-34(23-24-48-41)32-13-6-4-7-14-32)38-18-12-19-43-45(38)49-46(39-17-10-11-20-44(39)51)50(43)42-22-21-31(30-53-54-52)25-40(42)33-15-8-5-9-16-33;/h4-25,27-29,51-52H,30H2,1-3H3;/q-1;/i4D,6D,7D,13D,14D;. The van der Waals surface area contributed by atoms with Crippen molar-refractivity contribution >= 4 is 11.0 Å². The summed E-state index contributed by atoms with van der Waals surface area (Å²) < 4.78 is 43.8. The summed E-state index contributed by atoms with van der Waals surface area (Å²) in [4.78, 5) is 14.8. The molecule has 0 radical (unpaired) electrons. The van der Waals surface area contributed by atoms with Gasteiger partial charge in [0.25, 0.3) is 0 Å². The van der Waals surface area contributed by atoms with E-state index in [1.165, 1.54) is 0 Å². The minimum absolute atomic E-state index is 0. The summed E-state index contributed by atoms with van der Waals surface area (Å²) in [7, 11) is 0. The molecule has 55 heavy (non-hydrogen) atoms. The maximum atomic E-state index is 11.3. The largest absolute Gasteiger partial charge is 0.507 e. The van der Waals surface area contributed by atoms with Gasteiger partial charge in [0.2, 0.25) is 0 Å². The van der Waals surface area contributed by atoms with Gasteiger partial charge in [0, 0.05) is 38.5 Å². The Bertz CT molecular complexity index is 2870. The van der Waals surface area contributed by atoms with Crippen molar-refractivity contribution in [2.75, 3.05) is 0 Å². The molecule has 0 amide bonds. The maximum absolute atomic E-state index is 11.3. The number of pyridine rings is 1. The number of phenolic OH excluding ortho intramolecular Hbond substituents is 1. The Morgan fingerprint density at radius 2 is 1.49 bits per heavy atom. The first-order chi connectivity index (χ1) is 28.3. The van der Waals surface area contributed by atoms with E-state index in [-0.39, 0.29) is 56.5 Å². The van der Waals surface area contributed by atoms with Gasteiger partial charge in [0.1, 0.15) is 18.2 Å². The van der Waals surface area contributed by atoms with Gasteiger partial charge in [0.15, 0.2) is 0 Å². The first-order valence-electron chi connectivity index (χ1n) is 19.9. The number of benzene rings is 6. The van der Waals surface area contributed by atoms with E-state index in [1.54, 1.807) is 30.5 Å². The van der Waals surface area contributed by atoms with E-state index in [0.29, 0.717) is 33.7 Å². The third-order valence-electron chi connectivity index (χ3n) is 9.34. The van der Waals surface area contributed by atoms with E-state index in [9.17, 15) is 5.11 Å². The molecule has 8 heteroatoms. The van der Waals surface area contributed by atoms with Crippen LogP contribution in [0, 0.1) is 6.07 Å². The Hall–Kier alpha value is -5.69. The van der Waals surface area contributed by atoms with Gasteiger partial charge in [-0.05, 0) is 64.1 Å². The second-order valence-corrected chi connectivity index (χ2v) is 13.9. The van der Waals surface area contributed by atoms with Crippen LogP contribution in [-0.2, 0) is 43.0 Å². The number of nitrogens with zero attached hydrogens (tertiary/aromatic N) is 3. The van der Waals surface area contributed by atoms with Crippen LogP contribution in [-0.4, -0.2) is 24.9 Å². The Labute approximate surface area is 341 Å². The Morgan fingerprint density at radius 3 is 2.25 bits per heavy atom. The summed E-state index contributed by atoms with van der Waals surface area (Å²) in [5.41, 5.74) is 9.12. The molecule has 0 saturated heterocycles. The molecular formula is C47H38N3O4Pt-. The number of hydrogen-bond donors (Lipinski definition) is 2. The van der Waals surface area contributed by atoms with Crippen LogP contribution in [0.15, 0.2) is 152 Å². The molecule has 2 heterocycles. The molecule has 0 spiro atoms. The van der Waals surface area contributed by atoms with Gasteiger partial charge >= 0.3 is 0 Å². The SMILES string of the molecule is [2H]c1c([2H])c([2H])c(-c2ccnc(-c3[c-]c(-c4cccc5c4nc(-c4ccccc4O)n5-c4ccc(COOO)cc4-c4ccccc4)cc(C(C)(C)C)c3)c2)c([2H])c1[2H].[Pt]. The summed E-state index contributed by atoms with van der Waals surface area (Å²) in [5.74, 6) is 0.566. The minimum Gasteiger partial charge on any atom is -0.507 e. The summed E-state index contributed by atoms with van der Waals surface area (Å²) >= 11 is 0. The van der Waals surface area contributed by atoms with E-state index in [1.807, 2.05) is 89.5 Å². The van der Waals surface area contributed by atoms with Crippen LogP contribution >= 0.6 is 0 Å². The van der Waals surface area contributed by atoms with Gasteiger partial charge in [-0.15, -0.1) is 29.3 Å². The van der Waals surface area contributed by atoms with Crippen LogP contribution in [0.4, 0.5) is 0 Å². The molecule has 0 unspecified atom stereocenters. The molecule has 2 aromatic heterocycles. The van der Waals surface area contributed by atoms with E-state index >= 15 is 0 Å². The molecule has 0 saturated carbocycles. The zero-order valence-electron chi connectivity index (χ0n) is 35.1. The number of imidazole rings is 1. The number of fused-ring (bicyclic) bond motifs is 1. The molecule has 2 N–H and O–H groups in total. The summed E-state index contributed by atoms with van der Waals surface area (Å²) in [6.45, 7) is 6.35. The first kappa shape index (κ1) is 31.6. The van der Waals surface area contributed by atoms with Crippen molar-refractivity contribution in [3.05, 3.63) is 169 Å². The fraction of sp³-hybridized carbons (Fsp3) is 0.106. The van der Waals surface area contributed by atoms with E-state index in [4.69, 9.17) is 22.0 Å². The van der Waals surface area contributed by atoms with Gasteiger partial charge in [-0.3, -0.25) is 9.55 Å². The smallest absolute Gasteiger partial charge is 0.148 e. The number of hydrogen-bond acceptors (Lipinski definition) is 6. The third-order valence-corrected chi connectivity index (χ3v) is 9.34. The van der Waals surface area contributed by atoms with Crippen molar-refractivity contribution in [1.82, 2.24) is 14.5 Å². The summed E-state index contributed by atoms with van der Waals surface area (Å²) in [6.07, 6.45) is 1.57. The average molecular weight is 909 g/mol.